The molecule has 0 atom stereocenters. The molecule has 1 aromatic heterocycles. The Kier molecular flexibility index (Phi) is 5.71. The molecule has 5 nitrogen and oxygen atoms in total. The van der Waals surface area contributed by atoms with Crippen molar-refractivity contribution >= 4 is 22.4 Å². The lowest BCUT2D eigenvalue weighted by atomic mass is 9.96. The van der Waals surface area contributed by atoms with Gasteiger partial charge in [0, 0.05) is 20.1 Å². The standard InChI is InChI=1S/C19H26N4OS/c1-14-17(25-19(20)21-14)18(24)22(2)12-16-8-10-23(11-9-16)13-15-6-4-3-5-7-15/h3-7,16H,8-13H2,1-2H3,(H2,20,21). The van der Waals surface area contributed by atoms with Gasteiger partial charge in [0.15, 0.2) is 5.13 Å². The topological polar surface area (TPSA) is 62.5 Å². The number of carbonyl (C=O) groups is 1. The predicted molar refractivity (Wildman–Crippen MR) is 103 cm³/mol. The molecule has 6 heteroatoms. The number of rotatable bonds is 5. The second-order valence-corrected chi connectivity index (χ2v) is 7.89. The quantitative estimate of drug-likeness (QED) is 0.892. The van der Waals surface area contributed by atoms with Gasteiger partial charge in [0.2, 0.25) is 0 Å². The smallest absolute Gasteiger partial charge is 0.265 e. The first kappa shape index (κ1) is 17.9. The molecule has 0 aliphatic carbocycles. The van der Waals surface area contributed by atoms with E-state index in [0.29, 0.717) is 15.9 Å². The molecule has 2 heterocycles. The number of carbonyl (C=O) groups excluding carboxylic acids is 1. The number of hydrogen-bond donors (Lipinski definition) is 1. The molecule has 2 aromatic rings. The van der Waals surface area contributed by atoms with Crippen LogP contribution < -0.4 is 5.73 Å². The molecule has 1 aliphatic rings. The second-order valence-electron chi connectivity index (χ2n) is 6.86. The normalized spacial score (nSPS) is 16.1. The first-order valence-electron chi connectivity index (χ1n) is 8.77. The highest BCUT2D eigenvalue weighted by Gasteiger charge is 2.24. The van der Waals surface area contributed by atoms with E-state index < -0.39 is 0 Å². The van der Waals surface area contributed by atoms with Crippen molar-refractivity contribution in [2.75, 3.05) is 32.4 Å². The van der Waals surface area contributed by atoms with E-state index in [2.05, 4.69) is 40.2 Å². The lowest BCUT2D eigenvalue weighted by Crippen LogP contribution is -2.39. The van der Waals surface area contributed by atoms with Crippen LogP contribution in [0.3, 0.4) is 0 Å². The summed E-state index contributed by atoms with van der Waals surface area (Å²) in [5.74, 6) is 0.602. The maximum Gasteiger partial charge on any atom is 0.265 e. The minimum Gasteiger partial charge on any atom is -0.375 e. The van der Waals surface area contributed by atoms with Gasteiger partial charge in [-0.2, -0.15) is 0 Å². The van der Waals surface area contributed by atoms with E-state index in [4.69, 9.17) is 5.73 Å². The first-order valence-corrected chi connectivity index (χ1v) is 9.59. The summed E-state index contributed by atoms with van der Waals surface area (Å²) in [5.41, 5.74) is 7.81. The van der Waals surface area contributed by atoms with Crippen molar-refractivity contribution in [3.05, 3.63) is 46.5 Å². The summed E-state index contributed by atoms with van der Waals surface area (Å²) in [6.45, 7) is 5.84. The van der Waals surface area contributed by atoms with Gasteiger partial charge in [-0.1, -0.05) is 41.7 Å². The molecule has 1 amide bonds. The summed E-state index contributed by atoms with van der Waals surface area (Å²) in [6, 6.07) is 10.6. The zero-order chi connectivity index (χ0) is 17.8. The van der Waals surface area contributed by atoms with Crippen LogP contribution in [0, 0.1) is 12.8 Å². The number of amides is 1. The van der Waals surface area contributed by atoms with Crippen LogP contribution in [0.1, 0.15) is 33.8 Å². The molecule has 1 aliphatic heterocycles. The van der Waals surface area contributed by atoms with Crippen LogP contribution in [0.25, 0.3) is 0 Å². The van der Waals surface area contributed by atoms with E-state index >= 15 is 0 Å². The number of thiazole rings is 1. The zero-order valence-corrected chi connectivity index (χ0v) is 15.8. The molecule has 25 heavy (non-hydrogen) atoms. The highest BCUT2D eigenvalue weighted by atomic mass is 32.1. The van der Waals surface area contributed by atoms with Gasteiger partial charge >= 0.3 is 0 Å². The van der Waals surface area contributed by atoms with Gasteiger partial charge in [-0.3, -0.25) is 9.69 Å². The van der Waals surface area contributed by atoms with Gasteiger partial charge in [-0.05, 0) is 44.3 Å². The first-order chi connectivity index (χ1) is 12.0. The molecule has 2 N–H and O–H groups in total. The van der Waals surface area contributed by atoms with E-state index in [1.165, 1.54) is 16.9 Å². The van der Waals surface area contributed by atoms with Crippen molar-refractivity contribution in [1.29, 1.82) is 0 Å². The number of likely N-dealkylation sites (tertiary alicyclic amines) is 1. The van der Waals surface area contributed by atoms with E-state index in [-0.39, 0.29) is 5.91 Å². The fraction of sp³-hybridized carbons (Fsp3) is 0.474. The summed E-state index contributed by atoms with van der Waals surface area (Å²) < 4.78 is 0. The molecule has 1 fully saturated rings. The highest BCUT2D eigenvalue weighted by Crippen LogP contribution is 2.24. The van der Waals surface area contributed by atoms with Gasteiger partial charge < -0.3 is 10.6 Å². The third kappa shape index (κ3) is 4.58. The number of aryl methyl sites for hydroxylation is 1. The Morgan fingerprint density at radius 1 is 1.32 bits per heavy atom. The lowest BCUT2D eigenvalue weighted by Gasteiger charge is -2.33. The van der Waals surface area contributed by atoms with E-state index in [0.717, 1.165) is 44.7 Å². The third-order valence-electron chi connectivity index (χ3n) is 4.84. The van der Waals surface area contributed by atoms with Gasteiger partial charge in [0.05, 0.1) is 5.69 Å². The van der Waals surface area contributed by atoms with Crippen molar-refractivity contribution in [2.24, 2.45) is 5.92 Å². The number of nitrogens with two attached hydrogens (primary N) is 1. The molecule has 0 unspecified atom stereocenters. The minimum atomic E-state index is 0.0402. The zero-order valence-electron chi connectivity index (χ0n) is 14.9. The molecule has 0 saturated carbocycles. The van der Waals surface area contributed by atoms with Crippen LogP contribution in [0.5, 0.6) is 0 Å². The lowest BCUT2D eigenvalue weighted by molar-refractivity contribution is 0.0741. The van der Waals surface area contributed by atoms with Gasteiger partial charge in [-0.15, -0.1) is 0 Å². The Labute approximate surface area is 153 Å². The second kappa shape index (κ2) is 7.97. The van der Waals surface area contributed by atoms with E-state index in [1.807, 2.05) is 18.9 Å². The van der Waals surface area contributed by atoms with Crippen molar-refractivity contribution in [3.8, 4) is 0 Å². The van der Waals surface area contributed by atoms with Crippen molar-refractivity contribution in [3.63, 3.8) is 0 Å². The number of hydrogen-bond acceptors (Lipinski definition) is 5. The van der Waals surface area contributed by atoms with Crippen LogP contribution in [0.4, 0.5) is 5.13 Å². The van der Waals surface area contributed by atoms with Gasteiger partial charge in [0.25, 0.3) is 5.91 Å². The summed E-state index contributed by atoms with van der Waals surface area (Å²) in [4.78, 5) is 21.7. The number of nitrogens with zero attached hydrogens (tertiary/aromatic N) is 3. The fourth-order valence-corrected chi connectivity index (χ4v) is 4.26. The molecule has 0 spiro atoms. The molecule has 0 radical (unpaired) electrons. The van der Waals surface area contributed by atoms with E-state index in [9.17, 15) is 4.79 Å². The molecule has 134 valence electrons. The number of benzene rings is 1. The van der Waals surface area contributed by atoms with E-state index in [1.54, 1.807) is 0 Å². The largest absolute Gasteiger partial charge is 0.375 e. The average molecular weight is 359 g/mol. The van der Waals surface area contributed by atoms with Crippen LogP contribution in [-0.2, 0) is 6.54 Å². The third-order valence-corrected chi connectivity index (χ3v) is 5.82. The van der Waals surface area contributed by atoms with Crippen molar-refractivity contribution < 1.29 is 4.79 Å². The molecule has 1 saturated heterocycles. The summed E-state index contributed by atoms with van der Waals surface area (Å²) in [6.07, 6.45) is 2.27. The maximum absolute atomic E-state index is 12.6. The SMILES string of the molecule is Cc1nc(N)sc1C(=O)N(C)CC1CCN(Cc2ccccc2)CC1. The molecular formula is C19H26N4OS. The summed E-state index contributed by atoms with van der Waals surface area (Å²) in [5, 5.41) is 0.462. The van der Waals surface area contributed by atoms with Crippen molar-refractivity contribution in [2.45, 2.75) is 26.3 Å². The molecule has 1 aromatic carbocycles. The Morgan fingerprint density at radius 2 is 2.00 bits per heavy atom. The monoisotopic (exact) mass is 358 g/mol. The van der Waals surface area contributed by atoms with Crippen LogP contribution >= 0.6 is 11.3 Å². The van der Waals surface area contributed by atoms with Crippen LogP contribution in [0.15, 0.2) is 30.3 Å². The highest BCUT2D eigenvalue weighted by molar-refractivity contribution is 7.17. The van der Waals surface area contributed by atoms with Gasteiger partial charge in [-0.25, -0.2) is 4.98 Å². The maximum atomic E-state index is 12.6. The molecule has 3 rings (SSSR count). The number of piperidine rings is 1. The Bertz CT molecular complexity index is 707. The summed E-state index contributed by atoms with van der Waals surface area (Å²) >= 11 is 1.28. The minimum absolute atomic E-state index is 0.0402. The Morgan fingerprint density at radius 3 is 2.60 bits per heavy atom. The Balaban J connectivity index is 1.48. The van der Waals surface area contributed by atoms with Crippen molar-refractivity contribution in [1.82, 2.24) is 14.8 Å². The number of aromatic nitrogens is 1. The molecule has 0 bridgehead atoms. The Hall–Kier alpha value is -1.92. The predicted octanol–water partition coefficient (Wildman–Crippen LogP) is 3.02. The average Bonchev–Trinajstić information content (AvgIpc) is 2.95. The van der Waals surface area contributed by atoms with Crippen LogP contribution in [-0.4, -0.2) is 47.4 Å². The number of nitrogen functional groups attached to an aromatic ring is 1. The number of anilines is 1. The summed E-state index contributed by atoms with van der Waals surface area (Å²) in [7, 11) is 1.88. The molecular weight excluding hydrogens is 332 g/mol. The van der Waals surface area contributed by atoms with Gasteiger partial charge in [0.1, 0.15) is 4.88 Å². The fourth-order valence-electron chi connectivity index (χ4n) is 3.43. The van der Waals surface area contributed by atoms with Crippen LogP contribution in [0.2, 0.25) is 0 Å².